The summed E-state index contributed by atoms with van der Waals surface area (Å²) in [4.78, 5) is 54.2. The molecule has 0 saturated heterocycles. The van der Waals surface area contributed by atoms with Crippen molar-refractivity contribution in [2.24, 2.45) is 39.9 Å². The van der Waals surface area contributed by atoms with Crippen LogP contribution in [0, 0.1) is 17.8 Å². The van der Waals surface area contributed by atoms with Gasteiger partial charge in [-0.3, -0.25) is 19.4 Å². The van der Waals surface area contributed by atoms with E-state index in [1.54, 1.807) is 20.8 Å². The number of guanidine groups is 1. The molecule has 0 radical (unpaired) electrons. The lowest BCUT2D eigenvalue weighted by Crippen LogP contribution is -2.59. The first-order valence-electron chi connectivity index (χ1n) is 12.2. The van der Waals surface area contributed by atoms with Crippen molar-refractivity contribution >= 4 is 29.7 Å². The summed E-state index contributed by atoms with van der Waals surface area (Å²) in [5.74, 6) is -3.28. The minimum absolute atomic E-state index is 0.0445. The molecule has 5 atom stereocenters. The number of rotatable bonds is 16. The number of nitrogens with zero attached hydrogens (tertiary/aromatic N) is 1. The van der Waals surface area contributed by atoms with E-state index in [1.165, 1.54) is 0 Å². The monoisotopic (exact) mass is 499 g/mol. The van der Waals surface area contributed by atoms with Gasteiger partial charge in [0.15, 0.2) is 5.96 Å². The lowest BCUT2D eigenvalue weighted by Gasteiger charge is -2.28. The Balaban J connectivity index is 5.66. The first-order valence-corrected chi connectivity index (χ1v) is 12.2. The standard InChI is InChI=1S/C23H45N7O5/c1-7-14(6)18(21(33)29-16(22(34)35)11-12(2)3)30-19(31)15(9-8-10-27-23(25)26)28-20(32)17(24)13(4)5/h12-18H,7-11,24H2,1-6H3,(H,28,32)(H,29,33)(H,30,31)(H,34,35)(H4,25,26,27). The van der Waals surface area contributed by atoms with E-state index in [2.05, 4.69) is 20.9 Å². The van der Waals surface area contributed by atoms with E-state index in [9.17, 15) is 24.3 Å². The lowest BCUT2D eigenvalue weighted by molar-refractivity contribution is -0.143. The summed E-state index contributed by atoms with van der Waals surface area (Å²) in [6.07, 6.45) is 1.40. The summed E-state index contributed by atoms with van der Waals surface area (Å²) >= 11 is 0. The van der Waals surface area contributed by atoms with Crippen LogP contribution in [0.1, 0.15) is 67.2 Å². The van der Waals surface area contributed by atoms with Crippen molar-refractivity contribution < 1.29 is 24.3 Å². The van der Waals surface area contributed by atoms with Crippen LogP contribution in [0.3, 0.4) is 0 Å². The van der Waals surface area contributed by atoms with Crippen LogP contribution in [0.2, 0.25) is 0 Å². The average Bonchev–Trinajstić information content (AvgIpc) is 2.76. The van der Waals surface area contributed by atoms with Crippen molar-refractivity contribution in [2.75, 3.05) is 6.54 Å². The lowest BCUT2D eigenvalue weighted by atomic mass is 9.96. The molecule has 3 amide bonds. The largest absolute Gasteiger partial charge is 0.480 e. The molecule has 0 aliphatic rings. The zero-order valence-corrected chi connectivity index (χ0v) is 21.8. The summed E-state index contributed by atoms with van der Waals surface area (Å²) in [6.45, 7) is 11.2. The first kappa shape index (κ1) is 32.1. The molecule has 202 valence electrons. The molecule has 0 aromatic heterocycles. The zero-order chi connectivity index (χ0) is 27.3. The summed E-state index contributed by atoms with van der Waals surface area (Å²) in [5, 5.41) is 17.4. The smallest absolute Gasteiger partial charge is 0.326 e. The van der Waals surface area contributed by atoms with Gasteiger partial charge in [0, 0.05) is 6.54 Å². The normalized spacial score (nSPS) is 15.5. The van der Waals surface area contributed by atoms with Crippen LogP contribution in [0.15, 0.2) is 4.99 Å². The molecule has 35 heavy (non-hydrogen) atoms. The third-order valence-corrected chi connectivity index (χ3v) is 5.71. The molecule has 10 N–H and O–H groups in total. The number of amides is 3. The summed E-state index contributed by atoms with van der Waals surface area (Å²) in [6, 6.07) is -3.86. The van der Waals surface area contributed by atoms with Crippen molar-refractivity contribution in [1.29, 1.82) is 0 Å². The van der Waals surface area contributed by atoms with E-state index in [4.69, 9.17) is 17.2 Å². The van der Waals surface area contributed by atoms with Crippen molar-refractivity contribution in [3.05, 3.63) is 0 Å². The fourth-order valence-corrected chi connectivity index (χ4v) is 3.25. The second kappa shape index (κ2) is 15.9. The number of carboxylic acids is 1. The van der Waals surface area contributed by atoms with Gasteiger partial charge in [-0.25, -0.2) is 4.79 Å². The number of hydrogen-bond donors (Lipinski definition) is 7. The molecular formula is C23H45N7O5. The number of carbonyl (C=O) groups is 4. The van der Waals surface area contributed by atoms with Gasteiger partial charge in [-0.15, -0.1) is 0 Å². The number of carboxylic acid groups (broad SMARTS) is 1. The fraction of sp³-hybridized carbons (Fsp3) is 0.783. The third-order valence-electron chi connectivity index (χ3n) is 5.71. The van der Waals surface area contributed by atoms with Gasteiger partial charge < -0.3 is 38.3 Å². The maximum atomic E-state index is 13.2. The van der Waals surface area contributed by atoms with E-state index in [1.807, 2.05) is 20.8 Å². The van der Waals surface area contributed by atoms with Gasteiger partial charge in [-0.1, -0.05) is 48.0 Å². The van der Waals surface area contributed by atoms with Crippen molar-refractivity contribution in [3.63, 3.8) is 0 Å². The topological polar surface area (TPSA) is 215 Å². The Kier molecular flexibility index (Phi) is 14.6. The predicted octanol–water partition coefficient (Wildman–Crippen LogP) is -0.345. The highest BCUT2D eigenvalue weighted by Crippen LogP contribution is 2.12. The van der Waals surface area contributed by atoms with Gasteiger partial charge in [-0.05, 0) is 37.0 Å². The van der Waals surface area contributed by atoms with Crippen LogP contribution >= 0.6 is 0 Å². The Labute approximate surface area is 208 Å². The summed E-state index contributed by atoms with van der Waals surface area (Å²) in [5.41, 5.74) is 16.6. The SMILES string of the molecule is CCC(C)C(NC(=O)C(CCCN=C(N)N)NC(=O)C(N)C(C)C)C(=O)NC(CC(C)C)C(=O)O. The van der Waals surface area contributed by atoms with E-state index in [0.717, 1.165) is 0 Å². The Morgan fingerprint density at radius 1 is 0.886 bits per heavy atom. The van der Waals surface area contributed by atoms with Crippen LogP contribution in [0.5, 0.6) is 0 Å². The second-order valence-corrected chi connectivity index (χ2v) is 9.68. The van der Waals surface area contributed by atoms with Crippen LogP contribution in [0.25, 0.3) is 0 Å². The predicted molar refractivity (Wildman–Crippen MR) is 135 cm³/mol. The van der Waals surface area contributed by atoms with Crippen molar-refractivity contribution in [3.8, 4) is 0 Å². The van der Waals surface area contributed by atoms with Gasteiger partial charge in [0.2, 0.25) is 17.7 Å². The fourth-order valence-electron chi connectivity index (χ4n) is 3.25. The molecule has 0 aromatic carbocycles. The van der Waals surface area contributed by atoms with Crippen molar-refractivity contribution in [2.45, 2.75) is 91.4 Å². The van der Waals surface area contributed by atoms with E-state index in [-0.39, 0.29) is 43.1 Å². The van der Waals surface area contributed by atoms with Gasteiger partial charge >= 0.3 is 5.97 Å². The summed E-state index contributed by atoms with van der Waals surface area (Å²) < 4.78 is 0. The quantitative estimate of drug-likeness (QED) is 0.0844. The number of carbonyl (C=O) groups excluding carboxylic acids is 3. The molecule has 0 rings (SSSR count). The number of aliphatic carboxylic acids is 1. The minimum Gasteiger partial charge on any atom is -0.480 e. The molecule has 0 aliphatic heterocycles. The van der Waals surface area contributed by atoms with Gasteiger partial charge in [0.25, 0.3) is 0 Å². The molecule has 0 fully saturated rings. The van der Waals surface area contributed by atoms with E-state index >= 15 is 0 Å². The van der Waals surface area contributed by atoms with Crippen LogP contribution in [-0.4, -0.2) is 65.5 Å². The minimum atomic E-state index is -1.14. The Hall–Kier alpha value is -2.89. The van der Waals surface area contributed by atoms with Crippen LogP contribution < -0.4 is 33.2 Å². The highest BCUT2D eigenvalue weighted by molar-refractivity contribution is 5.94. The average molecular weight is 500 g/mol. The zero-order valence-electron chi connectivity index (χ0n) is 21.8. The molecular weight excluding hydrogens is 454 g/mol. The second-order valence-electron chi connectivity index (χ2n) is 9.68. The molecule has 0 aliphatic carbocycles. The van der Waals surface area contributed by atoms with Gasteiger partial charge in [0.05, 0.1) is 6.04 Å². The third kappa shape index (κ3) is 12.4. The van der Waals surface area contributed by atoms with E-state index in [0.29, 0.717) is 12.8 Å². The Morgan fingerprint density at radius 2 is 1.46 bits per heavy atom. The molecule has 12 heteroatoms. The van der Waals surface area contributed by atoms with Crippen LogP contribution in [0.4, 0.5) is 0 Å². The maximum Gasteiger partial charge on any atom is 0.326 e. The number of nitrogens with two attached hydrogens (primary N) is 3. The van der Waals surface area contributed by atoms with Gasteiger partial charge in [0.1, 0.15) is 18.1 Å². The van der Waals surface area contributed by atoms with Crippen molar-refractivity contribution in [1.82, 2.24) is 16.0 Å². The Bertz CT molecular complexity index is 738. The van der Waals surface area contributed by atoms with Crippen LogP contribution in [-0.2, 0) is 19.2 Å². The highest BCUT2D eigenvalue weighted by atomic mass is 16.4. The first-order chi connectivity index (χ1) is 16.2. The molecule has 0 aromatic rings. The molecule has 0 heterocycles. The number of nitrogens with one attached hydrogen (secondary N) is 3. The molecule has 0 saturated carbocycles. The van der Waals surface area contributed by atoms with E-state index < -0.39 is 47.9 Å². The Morgan fingerprint density at radius 3 is 1.91 bits per heavy atom. The molecule has 5 unspecified atom stereocenters. The molecule has 0 bridgehead atoms. The molecule has 12 nitrogen and oxygen atoms in total. The van der Waals surface area contributed by atoms with Gasteiger partial charge in [-0.2, -0.15) is 0 Å². The highest BCUT2D eigenvalue weighted by Gasteiger charge is 2.33. The molecule has 0 spiro atoms. The number of aliphatic imine (C=N–C) groups is 1. The summed E-state index contributed by atoms with van der Waals surface area (Å²) in [7, 11) is 0. The maximum absolute atomic E-state index is 13.2. The number of hydrogen-bond acceptors (Lipinski definition) is 6.